The lowest BCUT2D eigenvalue weighted by Crippen LogP contribution is -2.10. The van der Waals surface area contributed by atoms with Crippen LogP contribution in [0.25, 0.3) is 33.0 Å². The molecule has 44 heavy (non-hydrogen) atoms. The third-order valence-electron chi connectivity index (χ3n) is 7.93. The summed E-state index contributed by atoms with van der Waals surface area (Å²) in [5.41, 5.74) is 10.1. The van der Waals surface area contributed by atoms with E-state index in [1.807, 2.05) is 24.3 Å². The summed E-state index contributed by atoms with van der Waals surface area (Å²) in [6.45, 7) is 0. The van der Waals surface area contributed by atoms with Gasteiger partial charge in [-0.1, -0.05) is 97.1 Å². The fourth-order valence-corrected chi connectivity index (χ4v) is 5.61. The maximum Gasteiger partial charge on any atom is 0.119 e. The number of ether oxygens (including phenoxy) is 1. The lowest BCUT2D eigenvalue weighted by atomic mass is 10.0. The van der Waals surface area contributed by atoms with E-state index >= 15 is 0 Å². The van der Waals surface area contributed by atoms with Crippen molar-refractivity contribution < 1.29 is 4.74 Å². The molecular formula is C41H32N2O. The van der Waals surface area contributed by atoms with Crippen molar-refractivity contribution in [2.75, 3.05) is 17.3 Å². The molecule has 0 aliphatic heterocycles. The molecule has 0 aliphatic rings. The minimum Gasteiger partial charge on any atom is -0.497 e. The van der Waals surface area contributed by atoms with E-state index in [2.05, 4.69) is 156 Å². The summed E-state index contributed by atoms with van der Waals surface area (Å²) in [6.07, 6.45) is 0. The van der Waals surface area contributed by atoms with Gasteiger partial charge in [-0.2, -0.15) is 0 Å². The molecule has 1 N–H and O–H groups in total. The van der Waals surface area contributed by atoms with Crippen LogP contribution in [0.5, 0.6) is 5.75 Å². The first-order chi connectivity index (χ1) is 21.7. The summed E-state index contributed by atoms with van der Waals surface area (Å²) in [4.78, 5) is 2.34. The maximum absolute atomic E-state index is 5.27. The van der Waals surface area contributed by atoms with Crippen molar-refractivity contribution >= 4 is 39.2 Å². The number of nitrogens with zero attached hydrogens (tertiary/aromatic N) is 1. The first-order valence-corrected chi connectivity index (χ1v) is 14.8. The molecule has 0 bridgehead atoms. The molecule has 3 nitrogen and oxygen atoms in total. The van der Waals surface area contributed by atoms with Gasteiger partial charge in [-0.15, -0.1) is 0 Å². The molecule has 7 aromatic rings. The SMILES string of the molecule is COc1ccc(Nc2ccc(-c3ccc(N(c4cccc(-c5ccccc5)c4)c4ccc5ccccc5c4)cc3)cc2)cc1. The normalized spacial score (nSPS) is 10.8. The van der Waals surface area contributed by atoms with Gasteiger partial charge in [0.25, 0.3) is 0 Å². The number of rotatable bonds is 8. The molecule has 0 heterocycles. The van der Waals surface area contributed by atoms with Crippen LogP contribution in [0.3, 0.4) is 0 Å². The standard InChI is InChI=1S/C41H32N2O/c1-44-41-26-21-37(22-27-41)42-36-19-14-32(15-20-36)33-16-23-38(24-17-33)43(40-25-18-31-10-5-6-11-34(31)29-40)39-13-7-12-35(28-39)30-8-3-2-4-9-30/h2-29,42H,1H3. The summed E-state index contributed by atoms with van der Waals surface area (Å²) in [6, 6.07) is 59.8. The molecule has 0 saturated carbocycles. The Hall–Kier alpha value is -5.80. The number of benzene rings is 7. The second kappa shape index (κ2) is 12.2. The van der Waals surface area contributed by atoms with E-state index in [1.165, 1.54) is 33.0 Å². The predicted octanol–water partition coefficient (Wildman–Crippen LogP) is 11.4. The molecule has 3 heteroatoms. The molecule has 7 rings (SSSR count). The van der Waals surface area contributed by atoms with Gasteiger partial charge in [-0.3, -0.25) is 0 Å². The number of hydrogen-bond donors (Lipinski definition) is 1. The Morgan fingerprint density at radius 3 is 1.66 bits per heavy atom. The number of fused-ring (bicyclic) bond motifs is 1. The highest BCUT2D eigenvalue weighted by Gasteiger charge is 2.14. The van der Waals surface area contributed by atoms with Crippen molar-refractivity contribution in [3.8, 4) is 28.0 Å². The fourth-order valence-electron chi connectivity index (χ4n) is 5.61. The highest BCUT2D eigenvalue weighted by molar-refractivity contribution is 5.90. The van der Waals surface area contributed by atoms with Gasteiger partial charge < -0.3 is 15.0 Å². The third-order valence-corrected chi connectivity index (χ3v) is 7.93. The van der Waals surface area contributed by atoms with E-state index in [1.54, 1.807) is 7.11 Å². The summed E-state index contributed by atoms with van der Waals surface area (Å²) in [7, 11) is 1.68. The lowest BCUT2D eigenvalue weighted by molar-refractivity contribution is 0.415. The summed E-state index contributed by atoms with van der Waals surface area (Å²) >= 11 is 0. The zero-order valence-corrected chi connectivity index (χ0v) is 24.5. The zero-order chi connectivity index (χ0) is 29.7. The van der Waals surface area contributed by atoms with Crippen LogP contribution in [0.4, 0.5) is 28.4 Å². The molecule has 0 amide bonds. The van der Waals surface area contributed by atoms with E-state index in [0.29, 0.717) is 0 Å². The molecule has 0 saturated heterocycles. The highest BCUT2D eigenvalue weighted by Crippen LogP contribution is 2.38. The lowest BCUT2D eigenvalue weighted by Gasteiger charge is -2.26. The maximum atomic E-state index is 5.27. The van der Waals surface area contributed by atoms with Gasteiger partial charge in [0.15, 0.2) is 0 Å². The van der Waals surface area contributed by atoms with Crippen molar-refractivity contribution in [3.05, 3.63) is 170 Å². The van der Waals surface area contributed by atoms with Gasteiger partial charge >= 0.3 is 0 Å². The number of nitrogens with one attached hydrogen (secondary N) is 1. The van der Waals surface area contributed by atoms with Crippen molar-refractivity contribution in [1.29, 1.82) is 0 Å². The second-order valence-corrected chi connectivity index (χ2v) is 10.8. The molecular weight excluding hydrogens is 536 g/mol. The Bertz CT molecular complexity index is 2000. The largest absolute Gasteiger partial charge is 0.497 e. The zero-order valence-electron chi connectivity index (χ0n) is 24.5. The van der Waals surface area contributed by atoms with Gasteiger partial charge in [0.2, 0.25) is 0 Å². The van der Waals surface area contributed by atoms with Crippen LogP contribution < -0.4 is 15.0 Å². The number of hydrogen-bond acceptors (Lipinski definition) is 3. The monoisotopic (exact) mass is 568 g/mol. The highest BCUT2D eigenvalue weighted by atomic mass is 16.5. The minimum absolute atomic E-state index is 0.845. The van der Waals surface area contributed by atoms with Gasteiger partial charge in [-0.25, -0.2) is 0 Å². The van der Waals surface area contributed by atoms with Crippen LogP contribution in [0.15, 0.2) is 170 Å². The molecule has 7 aromatic carbocycles. The Morgan fingerprint density at radius 2 is 0.955 bits per heavy atom. The Morgan fingerprint density at radius 1 is 0.409 bits per heavy atom. The Labute approximate surface area is 258 Å². The van der Waals surface area contributed by atoms with E-state index in [-0.39, 0.29) is 0 Å². The van der Waals surface area contributed by atoms with Crippen LogP contribution in [0.2, 0.25) is 0 Å². The van der Waals surface area contributed by atoms with Crippen LogP contribution >= 0.6 is 0 Å². The average Bonchev–Trinajstić information content (AvgIpc) is 3.10. The minimum atomic E-state index is 0.845. The third kappa shape index (κ3) is 5.77. The van der Waals surface area contributed by atoms with Crippen molar-refractivity contribution in [3.63, 3.8) is 0 Å². The van der Waals surface area contributed by atoms with E-state index < -0.39 is 0 Å². The van der Waals surface area contributed by atoms with Crippen LogP contribution in [0.1, 0.15) is 0 Å². The predicted molar refractivity (Wildman–Crippen MR) is 186 cm³/mol. The van der Waals surface area contributed by atoms with Crippen LogP contribution in [-0.4, -0.2) is 7.11 Å². The van der Waals surface area contributed by atoms with Gasteiger partial charge in [0.05, 0.1) is 7.11 Å². The average molecular weight is 569 g/mol. The molecule has 0 fully saturated rings. The topological polar surface area (TPSA) is 24.5 Å². The fraction of sp³-hybridized carbons (Fsp3) is 0.0244. The Kier molecular flexibility index (Phi) is 7.51. The van der Waals surface area contributed by atoms with Gasteiger partial charge in [-0.05, 0) is 106 Å². The summed E-state index contributed by atoms with van der Waals surface area (Å²) in [5, 5.41) is 5.91. The Balaban J connectivity index is 1.21. The molecule has 0 radical (unpaired) electrons. The smallest absolute Gasteiger partial charge is 0.119 e. The number of anilines is 5. The van der Waals surface area contributed by atoms with Gasteiger partial charge in [0.1, 0.15) is 5.75 Å². The van der Waals surface area contributed by atoms with Crippen molar-refractivity contribution in [1.82, 2.24) is 0 Å². The molecule has 0 aliphatic carbocycles. The van der Waals surface area contributed by atoms with Crippen molar-refractivity contribution in [2.45, 2.75) is 0 Å². The second-order valence-electron chi connectivity index (χ2n) is 10.8. The van der Waals surface area contributed by atoms with Crippen molar-refractivity contribution in [2.24, 2.45) is 0 Å². The van der Waals surface area contributed by atoms with Crippen LogP contribution in [-0.2, 0) is 0 Å². The first-order valence-electron chi connectivity index (χ1n) is 14.8. The first kappa shape index (κ1) is 27.1. The molecule has 0 spiro atoms. The summed E-state index contributed by atoms with van der Waals surface area (Å²) in [5.74, 6) is 0.845. The van der Waals surface area contributed by atoms with Crippen LogP contribution in [0, 0.1) is 0 Å². The molecule has 212 valence electrons. The van der Waals surface area contributed by atoms with Gasteiger partial charge in [0, 0.05) is 28.4 Å². The van der Waals surface area contributed by atoms with E-state index in [9.17, 15) is 0 Å². The summed E-state index contributed by atoms with van der Waals surface area (Å²) < 4.78 is 5.27. The van der Waals surface area contributed by atoms with E-state index in [0.717, 1.165) is 34.2 Å². The quantitative estimate of drug-likeness (QED) is 0.197. The number of methoxy groups -OCH3 is 1. The molecule has 0 aromatic heterocycles. The molecule has 0 atom stereocenters. The van der Waals surface area contributed by atoms with E-state index in [4.69, 9.17) is 4.74 Å². The molecule has 0 unspecified atom stereocenters.